The minimum Gasteiger partial charge on any atom is -0.362 e. The number of anilines is 2. The lowest BCUT2D eigenvalue weighted by Gasteiger charge is -2.38. The number of nitrogens with zero attached hydrogens (tertiary/aromatic N) is 4. The lowest BCUT2D eigenvalue weighted by Crippen LogP contribution is -2.52. The number of carbonyl (C=O) groups is 2. The third kappa shape index (κ3) is 6.85. The van der Waals surface area contributed by atoms with E-state index in [9.17, 15) is 9.59 Å². The fourth-order valence-corrected chi connectivity index (χ4v) is 4.39. The van der Waals surface area contributed by atoms with Gasteiger partial charge in [-0.1, -0.05) is 40.9 Å². The number of aromatic nitrogens is 2. The van der Waals surface area contributed by atoms with E-state index in [4.69, 9.17) is 34.8 Å². The highest BCUT2D eigenvalue weighted by atomic mass is 35.5. The first kappa shape index (κ1) is 25.3. The number of benzene rings is 1. The molecule has 2 aliphatic heterocycles. The molecule has 2 amide bonds. The van der Waals surface area contributed by atoms with Crippen LogP contribution in [0.4, 0.5) is 11.8 Å². The van der Waals surface area contributed by atoms with Crippen molar-refractivity contribution in [2.45, 2.75) is 38.8 Å². The highest BCUT2D eigenvalue weighted by Crippen LogP contribution is 2.31. The van der Waals surface area contributed by atoms with Crippen LogP contribution < -0.4 is 15.5 Å². The molecule has 0 spiro atoms. The topological polar surface area (TPSA) is 90.5 Å². The molecule has 11 heteroatoms. The molecule has 2 saturated heterocycles. The van der Waals surface area contributed by atoms with Crippen molar-refractivity contribution in [2.75, 3.05) is 36.4 Å². The molecular formula is C22H27Cl3N6O2. The van der Waals surface area contributed by atoms with Gasteiger partial charge in [-0.15, -0.1) is 0 Å². The van der Waals surface area contributed by atoms with E-state index in [0.29, 0.717) is 46.5 Å². The first-order chi connectivity index (χ1) is 15.8. The van der Waals surface area contributed by atoms with E-state index in [1.807, 2.05) is 19.9 Å². The zero-order chi connectivity index (χ0) is 24.0. The fraction of sp³-hybridized carbons (Fsp3) is 0.455. The van der Waals surface area contributed by atoms with E-state index in [1.165, 1.54) is 0 Å². The molecule has 2 N–H and O–H groups in total. The van der Waals surface area contributed by atoms with Crippen molar-refractivity contribution in [2.24, 2.45) is 0 Å². The summed E-state index contributed by atoms with van der Waals surface area (Å²) < 4.78 is 0. The highest BCUT2D eigenvalue weighted by molar-refractivity contribution is 6.35. The van der Waals surface area contributed by atoms with Gasteiger partial charge < -0.3 is 20.4 Å². The Morgan fingerprint density at radius 3 is 2.61 bits per heavy atom. The summed E-state index contributed by atoms with van der Waals surface area (Å²) in [4.78, 5) is 33.9. The largest absolute Gasteiger partial charge is 0.362 e. The second-order valence-corrected chi connectivity index (χ2v) is 9.25. The van der Waals surface area contributed by atoms with E-state index in [1.54, 1.807) is 23.2 Å². The van der Waals surface area contributed by atoms with Crippen molar-refractivity contribution < 1.29 is 9.59 Å². The average molecular weight is 514 g/mol. The van der Waals surface area contributed by atoms with E-state index in [2.05, 4.69) is 25.5 Å². The Kier molecular flexibility index (Phi) is 9.00. The van der Waals surface area contributed by atoms with Crippen LogP contribution in [0.2, 0.25) is 15.1 Å². The van der Waals surface area contributed by atoms with Crippen LogP contribution >= 0.6 is 34.8 Å². The van der Waals surface area contributed by atoms with Gasteiger partial charge in [0, 0.05) is 48.7 Å². The molecule has 0 saturated carbocycles. The van der Waals surface area contributed by atoms with Crippen molar-refractivity contribution in [1.82, 2.24) is 20.2 Å². The second kappa shape index (κ2) is 11.7. The van der Waals surface area contributed by atoms with Gasteiger partial charge in [0.15, 0.2) is 5.82 Å². The summed E-state index contributed by atoms with van der Waals surface area (Å²) in [5.74, 6) is 1.31. The molecule has 2 aromatic rings. The Balaban J connectivity index is 0.000000442. The number of halogens is 3. The molecule has 178 valence electrons. The quantitative estimate of drug-likeness (QED) is 0.583. The van der Waals surface area contributed by atoms with E-state index >= 15 is 0 Å². The number of hydrogen-bond acceptors (Lipinski definition) is 6. The SMILES string of the molecule is CC(Nc1nc(N2CCN(C=O)CC2C)ncc1Cl)c1ccc(Cl)cc1Cl.O=C1CCCN1. The molecule has 2 fully saturated rings. The van der Waals surface area contributed by atoms with Gasteiger partial charge in [-0.3, -0.25) is 9.59 Å². The Morgan fingerprint density at radius 2 is 2.03 bits per heavy atom. The summed E-state index contributed by atoms with van der Waals surface area (Å²) in [6.07, 6.45) is 4.22. The van der Waals surface area contributed by atoms with E-state index in [0.717, 1.165) is 31.4 Å². The molecule has 4 rings (SSSR count). The monoisotopic (exact) mass is 512 g/mol. The molecule has 33 heavy (non-hydrogen) atoms. The summed E-state index contributed by atoms with van der Waals surface area (Å²) in [7, 11) is 0. The number of rotatable bonds is 5. The van der Waals surface area contributed by atoms with Gasteiger partial charge in [-0.05, 0) is 38.0 Å². The van der Waals surface area contributed by atoms with Crippen molar-refractivity contribution in [1.29, 1.82) is 0 Å². The number of piperazine rings is 1. The normalized spacial score (nSPS) is 18.8. The van der Waals surface area contributed by atoms with Crippen LogP contribution in [0.5, 0.6) is 0 Å². The summed E-state index contributed by atoms with van der Waals surface area (Å²) in [6, 6.07) is 5.36. The summed E-state index contributed by atoms with van der Waals surface area (Å²) >= 11 is 18.6. The Morgan fingerprint density at radius 1 is 1.24 bits per heavy atom. The van der Waals surface area contributed by atoms with Gasteiger partial charge in [0.25, 0.3) is 0 Å². The highest BCUT2D eigenvalue weighted by Gasteiger charge is 2.25. The zero-order valence-corrected chi connectivity index (χ0v) is 20.8. The maximum absolute atomic E-state index is 11.0. The van der Waals surface area contributed by atoms with E-state index < -0.39 is 0 Å². The second-order valence-electron chi connectivity index (χ2n) is 7.99. The molecule has 2 unspecified atom stereocenters. The zero-order valence-electron chi connectivity index (χ0n) is 18.5. The maximum Gasteiger partial charge on any atom is 0.227 e. The lowest BCUT2D eigenvalue weighted by molar-refractivity contribution is -0.119. The average Bonchev–Trinajstić information content (AvgIpc) is 3.26. The van der Waals surface area contributed by atoms with Crippen molar-refractivity contribution in [3.8, 4) is 0 Å². The summed E-state index contributed by atoms with van der Waals surface area (Å²) in [5, 5.41) is 7.56. The van der Waals surface area contributed by atoms with Crippen LogP contribution in [0, 0.1) is 0 Å². The lowest BCUT2D eigenvalue weighted by atomic mass is 10.1. The minimum atomic E-state index is -0.126. The smallest absolute Gasteiger partial charge is 0.227 e. The fourth-order valence-electron chi connectivity index (χ4n) is 3.68. The van der Waals surface area contributed by atoms with Gasteiger partial charge in [-0.25, -0.2) is 4.98 Å². The molecule has 1 aromatic heterocycles. The molecule has 1 aromatic carbocycles. The first-order valence-corrected chi connectivity index (χ1v) is 11.9. The van der Waals surface area contributed by atoms with Crippen LogP contribution in [0.25, 0.3) is 0 Å². The van der Waals surface area contributed by atoms with Crippen molar-refractivity contribution >= 4 is 58.9 Å². The van der Waals surface area contributed by atoms with Crippen molar-refractivity contribution in [3.63, 3.8) is 0 Å². The molecular weight excluding hydrogens is 487 g/mol. The number of amides is 2. The van der Waals surface area contributed by atoms with E-state index in [-0.39, 0.29) is 18.0 Å². The summed E-state index contributed by atoms with van der Waals surface area (Å²) in [6.45, 7) is 6.84. The minimum absolute atomic E-state index is 0.112. The van der Waals surface area contributed by atoms with Crippen LogP contribution in [-0.4, -0.2) is 59.4 Å². The molecule has 0 bridgehead atoms. The first-order valence-electron chi connectivity index (χ1n) is 10.7. The van der Waals surface area contributed by atoms with Gasteiger partial charge in [-0.2, -0.15) is 4.98 Å². The van der Waals surface area contributed by atoms with Crippen LogP contribution in [0.15, 0.2) is 24.4 Å². The van der Waals surface area contributed by atoms with Crippen molar-refractivity contribution in [3.05, 3.63) is 45.0 Å². The van der Waals surface area contributed by atoms with Gasteiger partial charge in [0.05, 0.1) is 12.2 Å². The maximum atomic E-state index is 11.0. The number of carbonyl (C=O) groups excluding carboxylic acids is 2. The van der Waals surface area contributed by atoms with Gasteiger partial charge in [0.2, 0.25) is 18.3 Å². The van der Waals surface area contributed by atoms with Crippen LogP contribution in [0.3, 0.4) is 0 Å². The third-order valence-corrected chi connectivity index (χ3v) is 6.32. The predicted molar refractivity (Wildman–Crippen MR) is 132 cm³/mol. The van der Waals surface area contributed by atoms with Crippen LogP contribution in [-0.2, 0) is 9.59 Å². The molecule has 2 aliphatic rings. The third-order valence-electron chi connectivity index (χ3n) is 5.48. The Bertz CT molecular complexity index is 985. The predicted octanol–water partition coefficient (Wildman–Crippen LogP) is 4.17. The van der Waals surface area contributed by atoms with Gasteiger partial charge in [0.1, 0.15) is 5.02 Å². The molecule has 2 atom stereocenters. The Labute approximate surface area is 208 Å². The molecule has 0 radical (unpaired) electrons. The van der Waals surface area contributed by atoms with Gasteiger partial charge >= 0.3 is 0 Å². The number of hydrogen-bond donors (Lipinski definition) is 2. The number of nitrogens with one attached hydrogen (secondary N) is 2. The standard InChI is InChI=1S/C18H20Cl3N5O.C4H7NO/c1-11-9-25(10-27)5-6-26(11)18-22-8-16(21)17(24-18)23-12(2)14-4-3-13(19)7-15(14)20;6-4-2-1-3-5-4/h3-4,7-8,10-12H,5-6,9H2,1-2H3,(H,22,23,24);1-3H2,(H,5,6). The summed E-state index contributed by atoms with van der Waals surface area (Å²) in [5.41, 5.74) is 0.894. The molecule has 3 heterocycles. The Hall–Kier alpha value is -2.29. The molecule has 0 aliphatic carbocycles. The molecule has 8 nitrogen and oxygen atoms in total. The van der Waals surface area contributed by atoms with Crippen LogP contribution in [0.1, 0.15) is 38.3 Å².